The Kier molecular flexibility index (Phi) is 3.30. The van der Waals surface area contributed by atoms with Crippen molar-refractivity contribution in [3.8, 4) is 0 Å². The van der Waals surface area contributed by atoms with Crippen molar-refractivity contribution in [3.63, 3.8) is 0 Å². The summed E-state index contributed by atoms with van der Waals surface area (Å²) in [5, 5.41) is 5.14. The van der Waals surface area contributed by atoms with E-state index in [2.05, 4.69) is 10.6 Å². The van der Waals surface area contributed by atoms with Gasteiger partial charge in [0, 0.05) is 12.1 Å². The van der Waals surface area contributed by atoms with E-state index in [0.29, 0.717) is 25.1 Å². The minimum absolute atomic E-state index is 0.524. The molecular formula is C12H13F3N2O. The van der Waals surface area contributed by atoms with Crippen molar-refractivity contribution in [3.05, 3.63) is 29.6 Å². The van der Waals surface area contributed by atoms with Crippen LogP contribution >= 0.6 is 0 Å². The molecule has 6 heteroatoms. The summed E-state index contributed by atoms with van der Waals surface area (Å²) in [6, 6.07) is 1.06. The summed E-state index contributed by atoms with van der Waals surface area (Å²) in [4.78, 5) is 11.9. The number of carbonyl (C=O) groups is 1. The highest BCUT2D eigenvalue weighted by Gasteiger charge is 2.36. The molecule has 0 saturated carbocycles. The second-order valence-electron chi connectivity index (χ2n) is 4.56. The minimum Gasteiger partial charge on any atom is -0.320 e. The first-order valence-electron chi connectivity index (χ1n) is 5.63. The molecule has 2 rings (SSSR count). The second-order valence-corrected chi connectivity index (χ2v) is 4.56. The fourth-order valence-electron chi connectivity index (χ4n) is 2.00. The number of carbonyl (C=O) groups excluding carboxylic acids is 1. The van der Waals surface area contributed by atoms with Crippen LogP contribution in [0.3, 0.4) is 0 Å². The molecule has 0 radical (unpaired) electrons. The number of anilines is 1. The first-order valence-corrected chi connectivity index (χ1v) is 5.63. The van der Waals surface area contributed by atoms with Gasteiger partial charge in [-0.2, -0.15) is 0 Å². The number of nitrogens with one attached hydrogen (secondary N) is 2. The summed E-state index contributed by atoms with van der Waals surface area (Å²) in [6.07, 6.45) is 1.40. The van der Waals surface area contributed by atoms with Gasteiger partial charge < -0.3 is 10.6 Å². The third-order valence-corrected chi connectivity index (χ3v) is 3.12. The smallest absolute Gasteiger partial charge is 0.244 e. The predicted octanol–water partition coefficient (Wildman–Crippen LogP) is 2.18. The van der Waals surface area contributed by atoms with Crippen LogP contribution < -0.4 is 10.6 Å². The van der Waals surface area contributed by atoms with Gasteiger partial charge >= 0.3 is 0 Å². The van der Waals surface area contributed by atoms with E-state index in [-0.39, 0.29) is 0 Å². The van der Waals surface area contributed by atoms with Gasteiger partial charge in [0.25, 0.3) is 0 Å². The topological polar surface area (TPSA) is 41.1 Å². The molecule has 18 heavy (non-hydrogen) atoms. The van der Waals surface area contributed by atoms with E-state index in [1.54, 1.807) is 6.92 Å². The Bertz CT molecular complexity index is 461. The molecule has 1 aromatic rings. The fraction of sp³-hybridized carbons (Fsp3) is 0.417. The van der Waals surface area contributed by atoms with E-state index < -0.39 is 34.6 Å². The molecule has 3 nitrogen and oxygen atoms in total. The SMILES string of the molecule is CC1(C(=O)Nc2c(F)cc(F)cc2F)CCCN1. The van der Waals surface area contributed by atoms with E-state index in [0.717, 1.165) is 6.42 Å². The molecule has 1 aliphatic rings. The number of halogens is 3. The standard InChI is InChI=1S/C12H13F3N2O/c1-12(3-2-4-16-12)11(18)17-10-8(14)5-7(13)6-9(10)15/h5-6,16H,2-4H2,1H3,(H,17,18). The normalized spacial score (nSPS) is 23.1. The zero-order valence-corrected chi connectivity index (χ0v) is 9.82. The lowest BCUT2D eigenvalue weighted by Crippen LogP contribution is -2.48. The molecule has 1 fully saturated rings. The quantitative estimate of drug-likeness (QED) is 0.853. The van der Waals surface area contributed by atoms with Gasteiger partial charge in [0.15, 0.2) is 11.6 Å². The minimum atomic E-state index is -1.12. The summed E-state index contributed by atoms with van der Waals surface area (Å²) in [7, 11) is 0. The van der Waals surface area contributed by atoms with Crippen molar-refractivity contribution >= 4 is 11.6 Å². The van der Waals surface area contributed by atoms with E-state index in [1.165, 1.54) is 0 Å². The molecule has 1 atom stereocenters. The Morgan fingerprint density at radius 1 is 1.33 bits per heavy atom. The molecule has 1 amide bonds. The number of rotatable bonds is 2. The van der Waals surface area contributed by atoms with Gasteiger partial charge in [-0.15, -0.1) is 0 Å². The maximum atomic E-state index is 13.4. The molecule has 1 aliphatic heterocycles. The van der Waals surface area contributed by atoms with Crippen LogP contribution in [0.2, 0.25) is 0 Å². The van der Waals surface area contributed by atoms with Crippen LogP contribution in [0.5, 0.6) is 0 Å². The molecule has 0 bridgehead atoms. The third kappa shape index (κ3) is 2.33. The van der Waals surface area contributed by atoms with Gasteiger partial charge in [0.2, 0.25) is 5.91 Å². The third-order valence-electron chi connectivity index (χ3n) is 3.12. The van der Waals surface area contributed by atoms with Crippen molar-refractivity contribution < 1.29 is 18.0 Å². The molecule has 0 spiro atoms. The van der Waals surface area contributed by atoms with E-state index >= 15 is 0 Å². The van der Waals surface area contributed by atoms with Crippen molar-refractivity contribution in [2.75, 3.05) is 11.9 Å². The van der Waals surface area contributed by atoms with Crippen LogP contribution in [0.25, 0.3) is 0 Å². The zero-order chi connectivity index (χ0) is 13.3. The largest absolute Gasteiger partial charge is 0.320 e. The Hall–Kier alpha value is -1.56. The van der Waals surface area contributed by atoms with Crippen molar-refractivity contribution in [2.24, 2.45) is 0 Å². The van der Waals surface area contributed by atoms with Gasteiger partial charge in [0.05, 0.1) is 5.54 Å². The van der Waals surface area contributed by atoms with Gasteiger partial charge in [-0.1, -0.05) is 0 Å². The molecule has 2 N–H and O–H groups in total. The van der Waals surface area contributed by atoms with Crippen LogP contribution in [0.4, 0.5) is 18.9 Å². The lowest BCUT2D eigenvalue weighted by molar-refractivity contribution is -0.121. The van der Waals surface area contributed by atoms with Crippen molar-refractivity contribution in [1.82, 2.24) is 5.32 Å². The molecule has 1 aromatic carbocycles. The Labute approximate surface area is 102 Å². The fourth-order valence-corrected chi connectivity index (χ4v) is 2.00. The van der Waals surface area contributed by atoms with Crippen LogP contribution in [-0.4, -0.2) is 18.0 Å². The average Bonchev–Trinajstić information content (AvgIpc) is 2.71. The monoisotopic (exact) mass is 258 g/mol. The lowest BCUT2D eigenvalue weighted by atomic mass is 9.99. The summed E-state index contributed by atoms with van der Waals surface area (Å²) in [6.45, 7) is 2.34. The Morgan fingerprint density at radius 2 is 1.94 bits per heavy atom. The van der Waals surface area contributed by atoms with Crippen molar-refractivity contribution in [2.45, 2.75) is 25.3 Å². The number of hydrogen-bond acceptors (Lipinski definition) is 2. The Balaban J connectivity index is 2.22. The van der Waals surface area contributed by atoms with Gasteiger partial charge in [-0.25, -0.2) is 13.2 Å². The maximum Gasteiger partial charge on any atom is 0.244 e. The summed E-state index contributed by atoms with van der Waals surface area (Å²) < 4.78 is 39.5. The van der Waals surface area contributed by atoms with Gasteiger partial charge in [-0.3, -0.25) is 4.79 Å². The highest BCUT2D eigenvalue weighted by molar-refractivity contribution is 5.98. The van der Waals surface area contributed by atoms with Gasteiger partial charge in [-0.05, 0) is 26.3 Å². The number of amides is 1. The van der Waals surface area contributed by atoms with Crippen LogP contribution in [0.1, 0.15) is 19.8 Å². The summed E-state index contributed by atoms with van der Waals surface area (Å²) >= 11 is 0. The average molecular weight is 258 g/mol. The predicted molar refractivity (Wildman–Crippen MR) is 60.6 cm³/mol. The first-order chi connectivity index (χ1) is 8.42. The molecule has 1 unspecified atom stereocenters. The summed E-state index contributed by atoms with van der Waals surface area (Å²) in [5.74, 6) is -3.79. The summed E-state index contributed by atoms with van der Waals surface area (Å²) in [5.41, 5.74) is -1.45. The Morgan fingerprint density at radius 3 is 2.44 bits per heavy atom. The number of benzene rings is 1. The molecule has 0 aromatic heterocycles. The van der Waals surface area contributed by atoms with E-state index in [1.807, 2.05) is 0 Å². The van der Waals surface area contributed by atoms with Crippen LogP contribution in [0, 0.1) is 17.5 Å². The molecular weight excluding hydrogens is 245 g/mol. The highest BCUT2D eigenvalue weighted by atomic mass is 19.1. The highest BCUT2D eigenvalue weighted by Crippen LogP contribution is 2.24. The molecule has 0 aliphatic carbocycles. The van der Waals surface area contributed by atoms with Crippen LogP contribution in [-0.2, 0) is 4.79 Å². The van der Waals surface area contributed by atoms with E-state index in [4.69, 9.17) is 0 Å². The first kappa shape index (κ1) is 12.9. The lowest BCUT2D eigenvalue weighted by Gasteiger charge is -2.23. The number of hydrogen-bond donors (Lipinski definition) is 2. The van der Waals surface area contributed by atoms with E-state index in [9.17, 15) is 18.0 Å². The second kappa shape index (κ2) is 4.61. The molecule has 98 valence electrons. The maximum absolute atomic E-state index is 13.4. The zero-order valence-electron chi connectivity index (χ0n) is 9.82. The van der Waals surface area contributed by atoms with Gasteiger partial charge in [0.1, 0.15) is 11.5 Å². The molecule has 1 saturated heterocycles. The van der Waals surface area contributed by atoms with Crippen molar-refractivity contribution in [1.29, 1.82) is 0 Å². The van der Waals surface area contributed by atoms with Crippen LogP contribution in [0.15, 0.2) is 12.1 Å². The molecule has 1 heterocycles.